The molecule has 0 fully saturated rings. The average molecular weight is 258 g/mol. The Morgan fingerprint density at radius 2 is 2.21 bits per heavy atom. The highest BCUT2D eigenvalue weighted by molar-refractivity contribution is 5.95. The van der Waals surface area contributed by atoms with Crippen LogP contribution in [0.25, 0.3) is 10.9 Å². The van der Waals surface area contributed by atoms with E-state index in [1.54, 1.807) is 12.1 Å². The van der Waals surface area contributed by atoms with Gasteiger partial charge in [0.15, 0.2) is 0 Å². The number of aromatic nitrogens is 1. The van der Waals surface area contributed by atoms with Crippen molar-refractivity contribution in [2.45, 2.75) is 26.1 Å². The monoisotopic (exact) mass is 258 g/mol. The first-order chi connectivity index (χ1) is 8.90. The zero-order valence-electron chi connectivity index (χ0n) is 10.7. The van der Waals surface area contributed by atoms with Gasteiger partial charge in [0.1, 0.15) is 5.82 Å². The van der Waals surface area contributed by atoms with Gasteiger partial charge in [0.05, 0.1) is 23.3 Å². The van der Waals surface area contributed by atoms with E-state index in [1.165, 1.54) is 6.07 Å². The molecule has 3 rings (SSSR count). The van der Waals surface area contributed by atoms with Crippen LogP contribution in [0, 0.1) is 0 Å². The molecule has 0 bridgehead atoms. The van der Waals surface area contributed by atoms with Gasteiger partial charge in [-0.2, -0.15) is 0 Å². The van der Waals surface area contributed by atoms with Crippen molar-refractivity contribution in [2.75, 3.05) is 5.73 Å². The third kappa shape index (κ3) is 1.66. The molecule has 0 saturated carbocycles. The number of ether oxygens (including phenoxy) is 1. The maximum Gasteiger partial charge on any atom is 0.335 e. The van der Waals surface area contributed by atoms with Crippen LogP contribution in [-0.4, -0.2) is 16.1 Å². The standard InChI is InChI=1S/C14H14N2O3/c1-14(2)11-9(6-19-14)8-5-7(13(17)18)3-4-10(8)16-12(11)15/h3-5H,6H2,1-2H3,(H2,15,16)(H,17,18). The van der Waals surface area contributed by atoms with Crippen molar-refractivity contribution in [2.24, 2.45) is 0 Å². The Labute approximate surface area is 110 Å². The van der Waals surface area contributed by atoms with Crippen molar-refractivity contribution in [3.05, 3.63) is 34.9 Å². The van der Waals surface area contributed by atoms with Crippen LogP contribution in [-0.2, 0) is 16.9 Å². The van der Waals surface area contributed by atoms with E-state index in [1.807, 2.05) is 13.8 Å². The van der Waals surface area contributed by atoms with Gasteiger partial charge in [0.25, 0.3) is 0 Å². The first-order valence-electron chi connectivity index (χ1n) is 6.00. The van der Waals surface area contributed by atoms with Gasteiger partial charge in [-0.05, 0) is 37.6 Å². The second kappa shape index (κ2) is 3.68. The molecule has 0 unspecified atom stereocenters. The van der Waals surface area contributed by atoms with E-state index < -0.39 is 11.6 Å². The zero-order valence-corrected chi connectivity index (χ0v) is 10.7. The number of anilines is 1. The molecule has 0 aliphatic carbocycles. The Balaban J connectivity index is 2.37. The Morgan fingerprint density at radius 3 is 2.89 bits per heavy atom. The van der Waals surface area contributed by atoms with Crippen molar-refractivity contribution in [1.29, 1.82) is 0 Å². The lowest BCUT2D eigenvalue weighted by Gasteiger charge is -2.19. The molecule has 5 nitrogen and oxygen atoms in total. The van der Waals surface area contributed by atoms with Crippen LogP contribution in [0.5, 0.6) is 0 Å². The van der Waals surface area contributed by atoms with Crippen LogP contribution in [0.4, 0.5) is 5.82 Å². The van der Waals surface area contributed by atoms with Crippen molar-refractivity contribution in [1.82, 2.24) is 4.98 Å². The molecule has 1 aromatic heterocycles. The molecular weight excluding hydrogens is 244 g/mol. The van der Waals surface area contributed by atoms with Gasteiger partial charge < -0.3 is 15.6 Å². The van der Waals surface area contributed by atoms with Crippen LogP contribution in [0.3, 0.4) is 0 Å². The number of hydrogen-bond acceptors (Lipinski definition) is 4. The highest BCUT2D eigenvalue weighted by atomic mass is 16.5. The molecule has 19 heavy (non-hydrogen) atoms. The Bertz CT molecular complexity index is 707. The van der Waals surface area contributed by atoms with E-state index >= 15 is 0 Å². The number of aromatic carboxylic acids is 1. The molecule has 1 aromatic carbocycles. The summed E-state index contributed by atoms with van der Waals surface area (Å²) in [4.78, 5) is 15.4. The molecule has 5 heteroatoms. The molecular formula is C14H14N2O3. The number of carbonyl (C=O) groups is 1. The predicted octanol–water partition coefficient (Wildman–Crippen LogP) is 2.28. The van der Waals surface area contributed by atoms with Gasteiger partial charge in [0.2, 0.25) is 0 Å². The predicted molar refractivity (Wildman–Crippen MR) is 70.9 cm³/mol. The molecule has 98 valence electrons. The molecule has 2 heterocycles. The highest BCUT2D eigenvalue weighted by Crippen LogP contribution is 2.42. The number of rotatable bonds is 1. The number of nitrogen functional groups attached to an aromatic ring is 1. The minimum absolute atomic E-state index is 0.242. The quantitative estimate of drug-likeness (QED) is 0.819. The lowest BCUT2D eigenvalue weighted by Crippen LogP contribution is -2.17. The lowest BCUT2D eigenvalue weighted by atomic mass is 9.93. The van der Waals surface area contributed by atoms with E-state index in [4.69, 9.17) is 15.6 Å². The molecule has 0 radical (unpaired) electrons. The number of pyridine rings is 1. The van der Waals surface area contributed by atoms with Crippen molar-refractivity contribution < 1.29 is 14.6 Å². The molecule has 0 saturated heterocycles. The molecule has 1 aliphatic heterocycles. The second-order valence-corrected chi connectivity index (χ2v) is 5.19. The third-order valence-electron chi connectivity index (χ3n) is 3.55. The summed E-state index contributed by atoms with van der Waals surface area (Å²) in [7, 11) is 0. The summed E-state index contributed by atoms with van der Waals surface area (Å²) in [5.41, 5.74) is 8.26. The van der Waals surface area contributed by atoms with Gasteiger partial charge >= 0.3 is 5.97 Å². The largest absolute Gasteiger partial charge is 0.478 e. The number of carboxylic acids is 1. The molecule has 1 aliphatic rings. The maximum atomic E-state index is 11.1. The zero-order chi connectivity index (χ0) is 13.8. The summed E-state index contributed by atoms with van der Waals surface area (Å²) in [6.45, 7) is 4.29. The minimum atomic E-state index is -0.953. The number of nitrogens with zero attached hydrogens (tertiary/aromatic N) is 1. The molecule has 3 N–H and O–H groups in total. The summed E-state index contributed by atoms with van der Waals surface area (Å²) < 4.78 is 5.73. The van der Waals surface area contributed by atoms with E-state index in [0.29, 0.717) is 17.9 Å². The van der Waals surface area contributed by atoms with Crippen molar-refractivity contribution in [3.63, 3.8) is 0 Å². The van der Waals surface area contributed by atoms with Gasteiger partial charge in [-0.3, -0.25) is 0 Å². The maximum absolute atomic E-state index is 11.1. The number of benzene rings is 1. The second-order valence-electron chi connectivity index (χ2n) is 5.19. The first-order valence-corrected chi connectivity index (χ1v) is 6.00. The minimum Gasteiger partial charge on any atom is -0.478 e. The van der Waals surface area contributed by atoms with Gasteiger partial charge in [-0.1, -0.05) is 0 Å². The average Bonchev–Trinajstić information content (AvgIpc) is 2.66. The first kappa shape index (κ1) is 11.9. The Morgan fingerprint density at radius 1 is 1.47 bits per heavy atom. The van der Waals surface area contributed by atoms with Gasteiger partial charge in [0, 0.05) is 10.9 Å². The van der Waals surface area contributed by atoms with E-state index in [0.717, 1.165) is 16.5 Å². The fourth-order valence-corrected chi connectivity index (χ4v) is 2.63. The molecule has 2 aromatic rings. The topological polar surface area (TPSA) is 85.4 Å². The summed E-state index contributed by atoms with van der Waals surface area (Å²) in [6.07, 6.45) is 0. The Hall–Kier alpha value is -2.14. The van der Waals surface area contributed by atoms with Crippen LogP contribution >= 0.6 is 0 Å². The summed E-state index contributed by atoms with van der Waals surface area (Å²) in [6, 6.07) is 4.85. The van der Waals surface area contributed by atoms with Crippen LogP contribution < -0.4 is 5.73 Å². The SMILES string of the molecule is CC1(C)OCc2c1c(N)nc1ccc(C(=O)O)cc21. The van der Waals surface area contributed by atoms with Gasteiger partial charge in [-0.15, -0.1) is 0 Å². The number of hydrogen-bond donors (Lipinski definition) is 2. The van der Waals surface area contributed by atoms with E-state index in [-0.39, 0.29) is 5.56 Å². The number of carboxylic acid groups (broad SMARTS) is 1. The summed E-state index contributed by atoms with van der Waals surface area (Å²) in [5, 5.41) is 9.87. The smallest absolute Gasteiger partial charge is 0.335 e. The van der Waals surface area contributed by atoms with Gasteiger partial charge in [-0.25, -0.2) is 9.78 Å². The number of nitrogens with two attached hydrogens (primary N) is 1. The highest BCUT2D eigenvalue weighted by Gasteiger charge is 2.35. The summed E-state index contributed by atoms with van der Waals surface area (Å²) >= 11 is 0. The molecule has 0 atom stereocenters. The normalized spacial score (nSPS) is 16.5. The van der Waals surface area contributed by atoms with Crippen molar-refractivity contribution in [3.8, 4) is 0 Å². The van der Waals surface area contributed by atoms with Crippen LogP contribution in [0.2, 0.25) is 0 Å². The fraction of sp³-hybridized carbons (Fsp3) is 0.286. The van der Waals surface area contributed by atoms with Crippen LogP contribution in [0.1, 0.15) is 35.3 Å². The van der Waals surface area contributed by atoms with Crippen LogP contribution in [0.15, 0.2) is 18.2 Å². The lowest BCUT2D eigenvalue weighted by molar-refractivity contribution is -0.00742. The summed E-state index contributed by atoms with van der Waals surface area (Å²) in [5.74, 6) is -0.501. The third-order valence-corrected chi connectivity index (χ3v) is 3.55. The Kier molecular flexibility index (Phi) is 2.31. The number of fused-ring (bicyclic) bond motifs is 3. The molecule has 0 amide bonds. The van der Waals surface area contributed by atoms with E-state index in [2.05, 4.69) is 4.98 Å². The van der Waals surface area contributed by atoms with E-state index in [9.17, 15) is 4.79 Å². The fourth-order valence-electron chi connectivity index (χ4n) is 2.63. The van der Waals surface area contributed by atoms with Crippen molar-refractivity contribution >= 4 is 22.7 Å². The molecule has 0 spiro atoms.